The van der Waals surface area contributed by atoms with Gasteiger partial charge in [-0.25, -0.2) is 13.2 Å². The molecule has 0 heterocycles. The standard InChI is InChI=1S/C9H9Cl2NO4S/c1-2-16-9(13)12-6-3-4-8(7(10)5-6)17(11,14)15/h3-5H,2H2,1H3,(H,12,13). The van der Waals surface area contributed by atoms with E-state index in [1.54, 1.807) is 6.92 Å². The van der Waals surface area contributed by atoms with Gasteiger partial charge in [-0.3, -0.25) is 5.32 Å². The maximum atomic E-state index is 11.1. The van der Waals surface area contributed by atoms with Crippen molar-refractivity contribution >= 4 is 43.1 Å². The van der Waals surface area contributed by atoms with Crippen LogP contribution in [0.4, 0.5) is 10.5 Å². The first kappa shape index (κ1) is 14.1. The van der Waals surface area contributed by atoms with E-state index in [4.69, 9.17) is 22.3 Å². The van der Waals surface area contributed by atoms with Crippen LogP contribution in [0.5, 0.6) is 0 Å². The largest absolute Gasteiger partial charge is 0.450 e. The summed E-state index contributed by atoms with van der Waals surface area (Å²) < 4.78 is 26.8. The first-order valence-electron chi connectivity index (χ1n) is 4.52. The zero-order valence-corrected chi connectivity index (χ0v) is 11.1. The molecule has 94 valence electrons. The fourth-order valence-electron chi connectivity index (χ4n) is 1.06. The molecule has 0 radical (unpaired) electrons. The summed E-state index contributed by atoms with van der Waals surface area (Å²) in [7, 11) is 1.25. The van der Waals surface area contributed by atoms with Crippen molar-refractivity contribution in [2.45, 2.75) is 11.8 Å². The molecule has 5 nitrogen and oxygen atoms in total. The Kier molecular flexibility index (Phi) is 4.62. The Balaban J connectivity index is 2.94. The predicted octanol–water partition coefficient (Wildman–Crippen LogP) is 2.84. The molecule has 1 aromatic carbocycles. The summed E-state index contributed by atoms with van der Waals surface area (Å²) in [4.78, 5) is 10.9. The summed E-state index contributed by atoms with van der Waals surface area (Å²) in [6.45, 7) is 1.89. The minimum atomic E-state index is -3.89. The molecule has 0 aromatic heterocycles. The lowest BCUT2D eigenvalue weighted by Gasteiger charge is -2.06. The molecule has 0 aliphatic carbocycles. The number of nitrogens with one attached hydrogen (secondary N) is 1. The average Bonchev–Trinajstić information content (AvgIpc) is 2.15. The van der Waals surface area contributed by atoms with Crippen molar-refractivity contribution in [1.29, 1.82) is 0 Å². The normalized spacial score (nSPS) is 11.0. The first-order chi connectivity index (χ1) is 7.84. The second-order valence-corrected chi connectivity index (χ2v) is 5.87. The summed E-state index contributed by atoms with van der Waals surface area (Å²) in [6.07, 6.45) is -0.648. The molecular weight excluding hydrogens is 289 g/mol. The molecule has 8 heteroatoms. The highest BCUT2D eigenvalue weighted by Crippen LogP contribution is 2.27. The number of halogens is 2. The van der Waals surface area contributed by atoms with E-state index in [0.29, 0.717) is 5.69 Å². The van der Waals surface area contributed by atoms with Crippen molar-refractivity contribution in [2.75, 3.05) is 11.9 Å². The second kappa shape index (κ2) is 5.57. The highest BCUT2D eigenvalue weighted by atomic mass is 35.7. The molecule has 0 spiro atoms. The van der Waals surface area contributed by atoms with Gasteiger partial charge in [0.05, 0.1) is 11.6 Å². The molecule has 0 bridgehead atoms. The Bertz CT molecular complexity index is 530. The van der Waals surface area contributed by atoms with Gasteiger partial charge in [0.25, 0.3) is 9.05 Å². The van der Waals surface area contributed by atoms with Crippen LogP contribution < -0.4 is 5.32 Å². The monoisotopic (exact) mass is 297 g/mol. The highest BCUT2D eigenvalue weighted by molar-refractivity contribution is 8.13. The van der Waals surface area contributed by atoms with E-state index < -0.39 is 15.1 Å². The van der Waals surface area contributed by atoms with Crippen molar-refractivity contribution in [3.05, 3.63) is 23.2 Å². The van der Waals surface area contributed by atoms with Crippen molar-refractivity contribution < 1.29 is 17.9 Å². The summed E-state index contributed by atoms with van der Waals surface area (Å²) in [6, 6.07) is 3.83. The molecule has 1 rings (SSSR count). The van der Waals surface area contributed by atoms with E-state index in [0.717, 1.165) is 0 Å². The van der Waals surface area contributed by atoms with Crippen molar-refractivity contribution in [2.24, 2.45) is 0 Å². The molecule has 0 saturated carbocycles. The van der Waals surface area contributed by atoms with E-state index in [1.165, 1.54) is 18.2 Å². The molecule has 1 N–H and O–H groups in total. The zero-order chi connectivity index (χ0) is 13.1. The zero-order valence-electron chi connectivity index (χ0n) is 8.74. The summed E-state index contributed by atoms with van der Waals surface area (Å²) in [5, 5.41) is 2.30. The second-order valence-electron chi connectivity index (χ2n) is 2.93. The van der Waals surface area contributed by atoms with Crippen molar-refractivity contribution in [1.82, 2.24) is 0 Å². The first-order valence-corrected chi connectivity index (χ1v) is 7.21. The number of rotatable bonds is 3. The number of carbonyl (C=O) groups is 1. The molecule has 0 unspecified atom stereocenters. The number of benzene rings is 1. The Morgan fingerprint density at radius 2 is 2.12 bits per heavy atom. The van der Waals surface area contributed by atoms with Crippen LogP contribution in [0, 0.1) is 0 Å². The number of hydrogen-bond acceptors (Lipinski definition) is 4. The molecule has 1 amide bonds. The van der Waals surface area contributed by atoms with Gasteiger partial charge >= 0.3 is 6.09 Å². The van der Waals surface area contributed by atoms with Gasteiger partial charge in [-0.05, 0) is 25.1 Å². The van der Waals surface area contributed by atoms with E-state index in [9.17, 15) is 13.2 Å². The van der Waals surface area contributed by atoms with Gasteiger partial charge < -0.3 is 4.74 Å². The molecule has 0 atom stereocenters. The minimum absolute atomic E-state index is 0.0747. The Morgan fingerprint density at radius 1 is 1.47 bits per heavy atom. The highest BCUT2D eigenvalue weighted by Gasteiger charge is 2.15. The molecular formula is C9H9Cl2NO4S. The molecule has 0 aliphatic rings. The molecule has 0 aliphatic heterocycles. The van der Waals surface area contributed by atoms with Crippen LogP contribution in [0.1, 0.15) is 6.92 Å². The lowest BCUT2D eigenvalue weighted by atomic mass is 10.3. The Hall–Kier alpha value is -0.980. The summed E-state index contributed by atoms with van der Waals surface area (Å²) in [5.74, 6) is 0. The van der Waals surface area contributed by atoms with Gasteiger partial charge in [0, 0.05) is 16.4 Å². The lowest BCUT2D eigenvalue weighted by molar-refractivity contribution is 0.168. The quantitative estimate of drug-likeness (QED) is 0.871. The van der Waals surface area contributed by atoms with E-state index in [-0.39, 0.29) is 16.5 Å². The molecule has 0 fully saturated rings. The SMILES string of the molecule is CCOC(=O)Nc1ccc(S(=O)(=O)Cl)c(Cl)c1. The number of anilines is 1. The Labute approximate surface area is 108 Å². The van der Waals surface area contributed by atoms with Gasteiger partial charge in [0.1, 0.15) is 4.90 Å². The van der Waals surface area contributed by atoms with E-state index in [2.05, 4.69) is 10.1 Å². The maximum absolute atomic E-state index is 11.1. The van der Waals surface area contributed by atoms with Gasteiger partial charge in [-0.15, -0.1) is 0 Å². The van der Waals surface area contributed by atoms with Crippen LogP contribution in [0.15, 0.2) is 23.1 Å². The number of amides is 1. The van der Waals surface area contributed by atoms with E-state index >= 15 is 0 Å². The third kappa shape index (κ3) is 4.07. The maximum Gasteiger partial charge on any atom is 0.411 e. The minimum Gasteiger partial charge on any atom is -0.450 e. The van der Waals surface area contributed by atoms with Crippen LogP contribution in [-0.2, 0) is 13.8 Å². The lowest BCUT2D eigenvalue weighted by Crippen LogP contribution is -2.13. The van der Waals surface area contributed by atoms with Crippen LogP contribution in [0.3, 0.4) is 0 Å². The summed E-state index contributed by atoms with van der Waals surface area (Å²) >= 11 is 5.72. The average molecular weight is 298 g/mol. The predicted molar refractivity (Wildman–Crippen MR) is 65.1 cm³/mol. The smallest absolute Gasteiger partial charge is 0.411 e. The molecule has 17 heavy (non-hydrogen) atoms. The van der Waals surface area contributed by atoms with Crippen molar-refractivity contribution in [3.63, 3.8) is 0 Å². The molecule has 0 saturated heterocycles. The van der Waals surface area contributed by atoms with Crippen molar-refractivity contribution in [3.8, 4) is 0 Å². The van der Waals surface area contributed by atoms with Gasteiger partial charge in [0.2, 0.25) is 0 Å². The molecule has 1 aromatic rings. The number of hydrogen-bond donors (Lipinski definition) is 1. The van der Waals surface area contributed by atoms with Crippen LogP contribution in [-0.4, -0.2) is 21.1 Å². The van der Waals surface area contributed by atoms with Gasteiger partial charge in [0.15, 0.2) is 0 Å². The third-order valence-corrected chi connectivity index (χ3v) is 3.52. The van der Waals surface area contributed by atoms with Crippen LogP contribution >= 0.6 is 22.3 Å². The number of carbonyl (C=O) groups excluding carboxylic acids is 1. The van der Waals surface area contributed by atoms with Crippen LogP contribution in [0.2, 0.25) is 5.02 Å². The van der Waals surface area contributed by atoms with Crippen LogP contribution in [0.25, 0.3) is 0 Å². The fourth-order valence-corrected chi connectivity index (χ4v) is 2.59. The Morgan fingerprint density at radius 3 is 2.59 bits per heavy atom. The van der Waals surface area contributed by atoms with Gasteiger partial charge in [-0.2, -0.15) is 0 Å². The number of ether oxygens (including phenoxy) is 1. The topological polar surface area (TPSA) is 72.5 Å². The van der Waals surface area contributed by atoms with E-state index in [1.807, 2.05) is 0 Å². The third-order valence-electron chi connectivity index (χ3n) is 1.72. The summed E-state index contributed by atoms with van der Waals surface area (Å²) in [5.41, 5.74) is 0.317. The van der Waals surface area contributed by atoms with Gasteiger partial charge in [-0.1, -0.05) is 11.6 Å². The fraction of sp³-hybridized carbons (Fsp3) is 0.222.